The number of halogens is 1. The third kappa shape index (κ3) is 2.08. The van der Waals surface area contributed by atoms with Crippen molar-refractivity contribution in [2.75, 3.05) is 11.9 Å². The summed E-state index contributed by atoms with van der Waals surface area (Å²) in [5.74, 6) is 0. The van der Waals surface area contributed by atoms with E-state index in [2.05, 4.69) is 33.2 Å². The summed E-state index contributed by atoms with van der Waals surface area (Å²) in [7, 11) is 0. The largest absolute Gasteiger partial charge is 0.383 e. The number of hydrogen-bond donors (Lipinski definition) is 1. The fraction of sp³-hybridized carbons (Fsp3) is 0.545. The number of nitrogens with one attached hydrogen (secondary N) is 1. The van der Waals surface area contributed by atoms with Crippen LogP contribution in [0.5, 0.6) is 0 Å². The van der Waals surface area contributed by atoms with Crippen molar-refractivity contribution in [3.63, 3.8) is 0 Å². The second-order valence-corrected chi connectivity index (χ2v) is 5.22. The zero-order valence-electron chi connectivity index (χ0n) is 8.60. The van der Waals surface area contributed by atoms with Crippen molar-refractivity contribution in [1.82, 2.24) is 4.98 Å². The predicted octanol–water partition coefficient (Wildman–Crippen LogP) is 3.36. The Morgan fingerprint density at radius 2 is 2.29 bits per heavy atom. The summed E-state index contributed by atoms with van der Waals surface area (Å²) in [6, 6.07) is 2.02. The van der Waals surface area contributed by atoms with Crippen LogP contribution in [0.4, 0.5) is 5.69 Å². The molecule has 0 unspecified atom stereocenters. The number of anilines is 1. The molecular formula is C11H15BrN2. The van der Waals surface area contributed by atoms with Gasteiger partial charge in [0.15, 0.2) is 0 Å². The molecule has 0 radical (unpaired) electrons. The molecule has 0 saturated heterocycles. The molecule has 1 fully saturated rings. The van der Waals surface area contributed by atoms with E-state index in [1.54, 1.807) is 0 Å². The molecule has 1 aliphatic rings. The van der Waals surface area contributed by atoms with Crippen molar-refractivity contribution in [3.8, 4) is 0 Å². The number of pyridine rings is 1. The first-order valence-electron chi connectivity index (χ1n) is 4.96. The lowest BCUT2D eigenvalue weighted by Gasteiger charge is -2.13. The van der Waals surface area contributed by atoms with Crippen molar-refractivity contribution in [3.05, 3.63) is 22.4 Å². The Hall–Kier alpha value is -0.570. The van der Waals surface area contributed by atoms with Crippen LogP contribution in [0.15, 0.2) is 16.7 Å². The first-order valence-corrected chi connectivity index (χ1v) is 5.75. The molecule has 76 valence electrons. The van der Waals surface area contributed by atoms with Gasteiger partial charge < -0.3 is 5.32 Å². The lowest BCUT2D eigenvalue weighted by molar-refractivity contribution is 0.610. The minimum absolute atomic E-state index is 0.538. The average molecular weight is 255 g/mol. The molecule has 1 aliphatic carbocycles. The predicted molar refractivity (Wildman–Crippen MR) is 62.5 cm³/mol. The zero-order valence-corrected chi connectivity index (χ0v) is 10.2. The van der Waals surface area contributed by atoms with Crippen molar-refractivity contribution in [1.29, 1.82) is 0 Å². The zero-order chi connectivity index (χ0) is 10.2. The van der Waals surface area contributed by atoms with Crippen LogP contribution in [0, 0.1) is 12.3 Å². The highest BCUT2D eigenvalue weighted by Crippen LogP contribution is 2.45. The summed E-state index contributed by atoms with van der Waals surface area (Å²) in [5, 5.41) is 3.47. The van der Waals surface area contributed by atoms with E-state index < -0.39 is 0 Å². The maximum Gasteiger partial charge on any atom is 0.0619 e. The van der Waals surface area contributed by atoms with Crippen LogP contribution in [-0.2, 0) is 0 Å². The Kier molecular flexibility index (Phi) is 2.52. The van der Waals surface area contributed by atoms with E-state index in [0.29, 0.717) is 5.41 Å². The molecular weight excluding hydrogens is 240 g/mol. The Morgan fingerprint density at radius 3 is 2.93 bits per heavy atom. The summed E-state index contributed by atoms with van der Waals surface area (Å²) in [6.45, 7) is 5.39. The van der Waals surface area contributed by atoms with E-state index >= 15 is 0 Å². The van der Waals surface area contributed by atoms with Crippen molar-refractivity contribution < 1.29 is 0 Å². The van der Waals surface area contributed by atoms with Gasteiger partial charge in [-0.15, -0.1) is 0 Å². The van der Waals surface area contributed by atoms with E-state index in [4.69, 9.17) is 0 Å². The van der Waals surface area contributed by atoms with Gasteiger partial charge in [0.25, 0.3) is 0 Å². The van der Waals surface area contributed by atoms with Gasteiger partial charge in [0, 0.05) is 12.7 Å². The third-order valence-electron chi connectivity index (χ3n) is 2.87. The third-order valence-corrected chi connectivity index (χ3v) is 3.87. The van der Waals surface area contributed by atoms with Crippen LogP contribution in [0.2, 0.25) is 0 Å². The second-order valence-electron chi connectivity index (χ2n) is 4.42. The summed E-state index contributed by atoms with van der Waals surface area (Å²) in [4.78, 5) is 4.21. The fourth-order valence-electron chi connectivity index (χ4n) is 1.38. The number of aryl methyl sites for hydroxylation is 1. The maximum absolute atomic E-state index is 4.21. The lowest BCUT2D eigenvalue weighted by atomic mass is 10.1. The Morgan fingerprint density at radius 1 is 1.57 bits per heavy atom. The molecule has 0 amide bonds. The second kappa shape index (κ2) is 3.54. The number of nitrogens with zero attached hydrogens (tertiary/aromatic N) is 1. The van der Waals surface area contributed by atoms with Gasteiger partial charge in [0.05, 0.1) is 15.9 Å². The minimum atomic E-state index is 0.538. The van der Waals surface area contributed by atoms with Gasteiger partial charge in [0.2, 0.25) is 0 Å². The van der Waals surface area contributed by atoms with Gasteiger partial charge in [-0.2, -0.15) is 0 Å². The highest BCUT2D eigenvalue weighted by Gasteiger charge is 2.36. The molecule has 0 aliphatic heterocycles. The van der Waals surface area contributed by atoms with Crippen LogP contribution in [-0.4, -0.2) is 11.5 Å². The van der Waals surface area contributed by atoms with E-state index in [-0.39, 0.29) is 0 Å². The van der Waals surface area contributed by atoms with Gasteiger partial charge in [-0.25, -0.2) is 0 Å². The van der Waals surface area contributed by atoms with Crippen LogP contribution in [0.1, 0.15) is 25.5 Å². The smallest absolute Gasteiger partial charge is 0.0619 e. The Balaban J connectivity index is 2.05. The molecule has 0 bridgehead atoms. The van der Waals surface area contributed by atoms with Gasteiger partial charge in [0.1, 0.15) is 0 Å². The molecule has 2 nitrogen and oxygen atoms in total. The maximum atomic E-state index is 4.21. The van der Waals surface area contributed by atoms with E-state index in [1.165, 1.54) is 12.8 Å². The molecule has 0 spiro atoms. The average Bonchev–Trinajstić information content (AvgIpc) is 2.88. The molecule has 14 heavy (non-hydrogen) atoms. The lowest BCUT2D eigenvalue weighted by Crippen LogP contribution is -2.12. The Bertz CT molecular complexity index is 345. The topological polar surface area (TPSA) is 24.9 Å². The molecule has 3 heteroatoms. The normalized spacial score (nSPS) is 17.9. The number of aromatic nitrogens is 1. The van der Waals surface area contributed by atoms with Crippen LogP contribution in [0.3, 0.4) is 0 Å². The summed E-state index contributed by atoms with van der Waals surface area (Å²) in [5.41, 5.74) is 2.73. The van der Waals surface area contributed by atoms with Crippen molar-refractivity contribution in [2.24, 2.45) is 5.41 Å². The van der Waals surface area contributed by atoms with Crippen molar-refractivity contribution >= 4 is 21.6 Å². The van der Waals surface area contributed by atoms with Crippen LogP contribution in [0.25, 0.3) is 0 Å². The molecule has 1 N–H and O–H groups in total. The first kappa shape index (κ1) is 9.97. The van der Waals surface area contributed by atoms with E-state index in [9.17, 15) is 0 Å². The van der Waals surface area contributed by atoms with E-state index in [0.717, 1.165) is 22.4 Å². The molecule has 1 heterocycles. The molecule has 0 atom stereocenters. The monoisotopic (exact) mass is 254 g/mol. The molecule has 2 rings (SSSR count). The van der Waals surface area contributed by atoms with Gasteiger partial charge in [-0.1, -0.05) is 6.92 Å². The fourth-order valence-corrected chi connectivity index (χ4v) is 1.76. The highest BCUT2D eigenvalue weighted by molar-refractivity contribution is 9.10. The summed E-state index contributed by atoms with van der Waals surface area (Å²) in [6.07, 6.45) is 4.54. The van der Waals surface area contributed by atoms with Gasteiger partial charge in [-0.05, 0) is 47.2 Å². The van der Waals surface area contributed by atoms with Crippen molar-refractivity contribution in [2.45, 2.75) is 26.7 Å². The number of rotatable bonds is 3. The summed E-state index contributed by atoms with van der Waals surface area (Å²) < 4.78 is 1.09. The summed E-state index contributed by atoms with van der Waals surface area (Å²) >= 11 is 3.54. The van der Waals surface area contributed by atoms with Gasteiger partial charge >= 0.3 is 0 Å². The number of hydrogen-bond acceptors (Lipinski definition) is 2. The molecule has 1 saturated carbocycles. The molecule has 0 aromatic carbocycles. The molecule has 1 aromatic rings. The first-order chi connectivity index (χ1) is 6.61. The van der Waals surface area contributed by atoms with Gasteiger partial charge in [-0.3, -0.25) is 4.98 Å². The Labute approximate surface area is 93.3 Å². The SMILES string of the molecule is Cc1nccc(NCC2(C)CC2)c1Br. The standard InChI is InChI=1S/C11H15BrN2/c1-8-10(12)9(3-6-13-8)14-7-11(2)4-5-11/h3,6H,4-5,7H2,1-2H3,(H,13,14). The van der Waals surface area contributed by atoms with Crippen LogP contribution < -0.4 is 5.32 Å². The molecule has 1 aromatic heterocycles. The minimum Gasteiger partial charge on any atom is -0.383 e. The van der Waals surface area contributed by atoms with Crippen LogP contribution >= 0.6 is 15.9 Å². The van der Waals surface area contributed by atoms with E-state index in [1.807, 2.05) is 19.2 Å². The quantitative estimate of drug-likeness (QED) is 0.895. The highest BCUT2D eigenvalue weighted by atomic mass is 79.9.